The molecule has 2 N–H and O–H groups in total. The first-order valence-corrected chi connectivity index (χ1v) is 6.77. The summed E-state index contributed by atoms with van der Waals surface area (Å²) in [6.45, 7) is 1.85. The van der Waals surface area contributed by atoms with Gasteiger partial charge >= 0.3 is 0 Å². The van der Waals surface area contributed by atoms with Crippen molar-refractivity contribution in [1.29, 1.82) is 0 Å². The molecule has 3 aromatic rings. The van der Waals surface area contributed by atoms with Crippen LogP contribution < -0.4 is 5.32 Å². The second kappa shape index (κ2) is 5.85. The summed E-state index contributed by atoms with van der Waals surface area (Å²) in [5.74, 6) is -0.181. The largest absolute Gasteiger partial charge is 0.463 e. The van der Waals surface area contributed by atoms with Crippen molar-refractivity contribution in [2.45, 2.75) is 13.5 Å². The highest BCUT2D eigenvalue weighted by atomic mass is 19.1. The average molecular weight is 299 g/mol. The van der Waals surface area contributed by atoms with E-state index in [-0.39, 0.29) is 18.3 Å². The second-order valence-electron chi connectivity index (χ2n) is 4.82. The van der Waals surface area contributed by atoms with Crippen LogP contribution in [0.15, 0.2) is 47.1 Å². The minimum absolute atomic E-state index is 0.105. The quantitative estimate of drug-likeness (QED) is 0.778. The maximum absolute atomic E-state index is 13.6. The number of halogens is 1. The molecule has 0 unspecified atom stereocenters. The molecular weight excluding hydrogens is 285 g/mol. The van der Waals surface area contributed by atoms with Crippen LogP contribution in [-0.4, -0.2) is 16.1 Å². The molecule has 0 radical (unpaired) electrons. The van der Waals surface area contributed by atoms with Crippen LogP contribution in [-0.2, 0) is 6.54 Å². The Bertz CT molecular complexity index is 794. The van der Waals surface area contributed by atoms with Crippen LogP contribution in [0.3, 0.4) is 0 Å². The molecule has 3 rings (SSSR count). The van der Waals surface area contributed by atoms with Gasteiger partial charge in [0, 0.05) is 17.8 Å². The fourth-order valence-electron chi connectivity index (χ4n) is 2.20. The van der Waals surface area contributed by atoms with Crippen molar-refractivity contribution in [3.05, 3.63) is 65.3 Å². The maximum Gasteiger partial charge on any atom is 0.255 e. The number of carbonyl (C=O) groups is 1. The molecule has 2 heterocycles. The molecule has 0 aliphatic heterocycles. The van der Waals surface area contributed by atoms with E-state index in [4.69, 9.17) is 4.42 Å². The molecule has 6 heteroatoms. The number of nitrogens with one attached hydrogen (secondary N) is 2. The van der Waals surface area contributed by atoms with Gasteiger partial charge in [0.25, 0.3) is 5.91 Å². The van der Waals surface area contributed by atoms with Crippen LogP contribution in [0.4, 0.5) is 4.39 Å². The number of aromatic amines is 1. The number of amides is 1. The van der Waals surface area contributed by atoms with Crippen LogP contribution in [0.5, 0.6) is 0 Å². The van der Waals surface area contributed by atoms with E-state index in [1.165, 1.54) is 12.3 Å². The van der Waals surface area contributed by atoms with Crippen molar-refractivity contribution in [1.82, 2.24) is 15.5 Å². The normalized spacial score (nSPS) is 10.6. The summed E-state index contributed by atoms with van der Waals surface area (Å²) < 4.78 is 18.9. The molecule has 0 bridgehead atoms. The average Bonchev–Trinajstić information content (AvgIpc) is 3.15. The van der Waals surface area contributed by atoms with Gasteiger partial charge in [0.15, 0.2) is 5.76 Å². The van der Waals surface area contributed by atoms with Gasteiger partial charge in [-0.1, -0.05) is 18.2 Å². The predicted octanol–water partition coefficient (Wildman–Crippen LogP) is 3.05. The molecule has 5 nitrogen and oxygen atoms in total. The summed E-state index contributed by atoms with van der Waals surface area (Å²) in [6, 6.07) is 9.77. The monoisotopic (exact) mass is 299 g/mol. The van der Waals surface area contributed by atoms with E-state index < -0.39 is 0 Å². The molecule has 1 amide bonds. The lowest BCUT2D eigenvalue weighted by atomic mass is 10.1. The van der Waals surface area contributed by atoms with Crippen molar-refractivity contribution in [3.8, 4) is 11.5 Å². The summed E-state index contributed by atoms with van der Waals surface area (Å²) in [4.78, 5) is 12.4. The summed E-state index contributed by atoms with van der Waals surface area (Å²) in [7, 11) is 0. The Kier molecular flexibility index (Phi) is 3.74. The van der Waals surface area contributed by atoms with Crippen LogP contribution >= 0.6 is 0 Å². The van der Waals surface area contributed by atoms with Gasteiger partial charge in [0.1, 0.15) is 11.5 Å². The fourth-order valence-corrected chi connectivity index (χ4v) is 2.20. The Morgan fingerprint density at radius 3 is 2.86 bits per heavy atom. The molecule has 0 aliphatic carbocycles. The third-order valence-electron chi connectivity index (χ3n) is 3.33. The van der Waals surface area contributed by atoms with Crippen molar-refractivity contribution >= 4 is 5.91 Å². The lowest BCUT2D eigenvalue weighted by Crippen LogP contribution is -2.24. The highest BCUT2D eigenvalue weighted by Crippen LogP contribution is 2.24. The number of nitrogens with zero attached hydrogens (tertiary/aromatic N) is 1. The molecule has 112 valence electrons. The van der Waals surface area contributed by atoms with Crippen molar-refractivity contribution < 1.29 is 13.6 Å². The number of rotatable bonds is 4. The molecule has 0 aliphatic rings. The second-order valence-corrected chi connectivity index (χ2v) is 4.82. The van der Waals surface area contributed by atoms with Gasteiger partial charge < -0.3 is 9.73 Å². The van der Waals surface area contributed by atoms with E-state index in [0.29, 0.717) is 28.3 Å². The molecule has 0 fully saturated rings. The Morgan fingerprint density at radius 2 is 2.14 bits per heavy atom. The van der Waals surface area contributed by atoms with Gasteiger partial charge in [0.05, 0.1) is 11.8 Å². The van der Waals surface area contributed by atoms with Gasteiger partial charge in [-0.3, -0.25) is 9.89 Å². The van der Waals surface area contributed by atoms with E-state index in [1.807, 2.05) is 0 Å². The summed E-state index contributed by atoms with van der Waals surface area (Å²) in [5, 5.41) is 9.57. The highest BCUT2D eigenvalue weighted by Gasteiger charge is 2.21. The first-order valence-electron chi connectivity index (χ1n) is 6.77. The highest BCUT2D eigenvalue weighted by molar-refractivity contribution is 6.00. The number of H-pyrrole nitrogens is 1. The van der Waals surface area contributed by atoms with Crippen molar-refractivity contribution in [3.63, 3.8) is 0 Å². The number of aromatic nitrogens is 2. The Hall–Kier alpha value is -2.89. The first kappa shape index (κ1) is 14.1. The number of hydrogen-bond acceptors (Lipinski definition) is 3. The molecule has 0 atom stereocenters. The van der Waals surface area contributed by atoms with Gasteiger partial charge in [-0.15, -0.1) is 0 Å². The molecule has 0 saturated heterocycles. The Morgan fingerprint density at radius 1 is 1.32 bits per heavy atom. The van der Waals surface area contributed by atoms with E-state index in [2.05, 4.69) is 15.5 Å². The third-order valence-corrected chi connectivity index (χ3v) is 3.33. The zero-order valence-electron chi connectivity index (χ0n) is 11.9. The smallest absolute Gasteiger partial charge is 0.255 e. The maximum atomic E-state index is 13.6. The van der Waals surface area contributed by atoms with Crippen molar-refractivity contribution in [2.75, 3.05) is 0 Å². The molecule has 0 saturated carbocycles. The van der Waals surface area contributed by atoms with Gasteiger partial charge in [-0.25, -0.2) is 4.39 Å². The van der Waals surface area contributed by atoms with E-state index in [1.54, 1.807) is 37.3 Å². The van der Waals surface area contributed by atoms with Gasteiger partial charge in [-0.05, 0) is 25.1 Å². The SMILES string of the molecule is Cc1[nH]nc(-c2ccco2)c1C(=O)NCc1ccccc1F. The number of benzene rings is 1. The molecule has 22 heavy (non-hydrogen) atoms. The summed E-state index contributed by atoms with van der Waals surface area (Å²) in [5.41, 5.74) is 1.88. The lowest BCUT2D eigenvalue weighted by molar-refractivity contribution is 0.0950. The summed E-state index contributed by atoms with van der Waals surface area (Å²) in [6.07, 6.45) is 1.51. The molecule has 0 spiro atoms. The van der Waals surface area contributed by atoms with E-state index in [0.717, 1.165) is 0 Å². The molecular formula is C16H14FN3O2. The molecule has 2 aromatic heterocycles. The standard InChI is InChI=1S/C16H14FN3O2/c1-10-14(15(20-19-10)13-7-4-8-22-13)16(21)18-9-11-5-2-3-6-12(11)17/h2-8H,9H2,1H3,(H,18,21)(H,19,20). The number of hydrogen-bond donors (Lipinski definition) is 2. The number of aryl methyl sites for hydroxylation is 1. The third kappa shape index (κ3) is 2.63. The van der Waals surface area contributed by atoms with Crippen LogP contribution in [0, 0.1) is 12.7 Å². The topological polar surface area (TPSA) is 70.9 Å². The van der Waals surface area contributed by atoms with Crippen LogP contribution in [0.2, 0.25) is 0 Å². The Labute approximate surface area is 126 Å². The minimum Gasteiger partial charge on any atom is -0.463 e. The minimum atomic E-state index is -0.349. The number of carbonyl (C=O) groups excluding carboxylic acids is 1. The van der Waals surface area contributed by atoms with Crippen LogP contribution in [0.25, 0.3) is 11.5 Å². The van der Waals surface area contributed by atoms with E-state index in [9.17, 15) is 9.18 Å². The fraction of sp³-hybridized carbons (Fsp3) is 0.125. The lowest BCUT2D eigenvalue weighted by Gasteiger charge is -2.06. The Balaban J connectivity index is 1.81. The van der Waals surface area contributed by atoms with Gasteiger partial charge in [0.2, 0.25) is 0 Å². The molecule has 1 aromatic carbocycles. The summed E-state index contributed by atoms with van der Waals surface area (Å²) >= 11 is 0. The van der Waals surface area contributed by atoms with Crippen LogP contribution in [0.1, 0.15) is 21.6 Å². The number of furan rings is 1. The van der Waals surface area contributed by atoms with E-state index >= 15 is 0 Å². The first-order chi connectivity index (χ1) is 10.7. The predicted molar refractivity (Wildman–Crippen MR) is 78.6 cm³/mol. The van der Waals surface area contributed by atoms with Gasteiger partial charge in [-0.2, -0.15) is 5.10 Å². The zero-order chi connectivity index (χ0) is 15.5. The van der Waals surface area contributed by atoms with Crippen molar-refractivity contribution in [2.24, 2.45) is 0 Å². The zero-order valence-corrected chi connectivity index (χ0v) is 11.9.